The molecule has 0 aliphatic carbocycles. The van der Waals surface area contributed by atoms with Gasteiger partial charge in [-0.1, -0.05) is 12.1 Å². The number of aryl methyl sites for hydroxylation is 1. The summed E-state index contributed by atoms with van der Waals surface area (Å²) in [5.41, 5.74) is 1.41. The number of H-pyrrole nitrogens is 1. The number of sulfonamides is 1. The highest BCUT2D eigenvalue weighted by Crippen LogP contribution is 2.22. The quantitative estimate of drug-likeness (QED) is 0.413. The normalized spacial score (nSPS) is 11.9. The van der Waals surface area contributed by atoms with Crippen LogP contribution in [0.5, 0.6) is 0 Å². The van der Waals surface area contributed by atoms with Crippen molar-refractivity contribution in [1.82, 2.24) is 15.0 Å². The second-order valence-corrected chi connectivity index (χ2v) is 7.76. The minimum atomic E-state index is -3.80. The largest absolute Gasteiger partial charge is 0.423 e. The molecule has 0 spiro atoms. The van der Waals surface area contributed by atoms with Gasteiger partial charge in [0.05, 0.1) is 16.3 Å². The Morgan fingerprint density at radius 2 is 1.80 bits per heavy atom. The molecule has 0 amide bonds. The Balaban J connectivity index is 1.56. The van der Waals surface area contributed by atoms with Gasteiger partial charge >= 0.3 is 6.01 Å². The smallest absolute Gasteiger partial charge is 0.302 e. The number of anilines is 2. The Morgan fingerprint density at radius 3 is 2.47 bits per heavy atom. The lowest BCUT2D eigenvalue weighted by Gasteiger charge is -2.03. The van der Waals surface area contributed by atoms with E-state index in [0.29, 0.717) is 22.5 Å². The van der Waals surface area contributed by atoms with Gasteiger partial charge < -0.3 is 4.42 Å². The van der Waals surface area contributed by atoms with E-state index in [9.17, 15) is 13.2 Å². The highest BCUT2D eigenvalue weighted by atomic mass is 32.2. The molecule has 12 heteroatoms. The van der Waals surface area contributed by atoms with Crippen LogP contribution in [0.2, 0.25) is 0 Å². The van der Waals surface area contributed by atoms with Crippen molar-refractivity contribution in [2.45, 2.75) is 11.8 Å². The average molecular weight is 425 g/mol. The minimum Gasteiger partial charge on any atom is -0.423 e. The van der Waals surface area contributed by atoms with Gasteiger partial charge in [0.1, 0.15) is 5.52 Å². The summed E-state index contributed by atoms with van der Waals surface area (Å²) in [7, 11) is -3.80. The number of hydrogen-bond acceptors (Lipinski definition) is 9. The molecule has 0 radical (unpaired) electrons. The summed E-state index contributed by atoms with van der Waals surface area (Å²) in [5.74, 6) is 0.139. The molecule has 0 atom stereocenters. The number of azo groups is 1. The van der Waals surface area contributed by atoms with Gasteiger partial charge in [-0.25, -0.2) is 18.5 Å². The van der Waals surface area contributed by atoms with Crippen LogP contribution in [0.4, 0.5) is 23.3 Å². The summed E-state index contributed by atoms with van der Waals surface area (Å²) < 4.78 is 28.1. The number of primary sulfonamides is 1. The maximum absolute atomic E-state index is 12.4. The van der Waals surface area contributed by atoms with Gasteiger partial charge in [-0.3, -0.25) is 15.1 Å². The highest BCUT2D eigenvalue weighted by Gasteiger charge is 2.11. The van der Waals surface area contributed by atoms with E-state index in [1.807, 2.05) is 12.1 Å². The molecule has 0 bridgehead atoms. The first-order valence-corrected chi connectivity index (χ1v) is 10.1. The van der Waals surface area contributed by atoms with Gasteiger partial charge in [-0.2, -0.15) is 10.1 Å². The Hall–Kier alpha value is -3.90. The number of nitrogens with two attached hydrogens (primary N) is 1. The molecule has 0 fully saturated rings. The Morgan fingerprint density at radius 1 is 1.07 bits per heavy atom. The maximum atomic E-state index is 12.4. The van der Waals surface area contributed by atoms with Crippen molar-refractivity contribution in [3.8, 4) is 0 Å². The lowest BCUT2D eigenvalue weighted by Crippen LogP contribution is -2.12. The van der Waals surface area contributed by atoms with Gasteiger partial charge in [0.2, 0.25) is 16.0 Å². The van der Waals surface area contributed by atoms with E-state index in [4.69, 9.17) is 9.56 Å². The first-order valence-electron chi connectivity index (χ1n) is 8.58. The Labute approximate surface area is 169 Å². The molecule has 2 heterocycles. The van der Waals surface area contributed by atoms with Crippen molar-refractivity contribution in [3.63, 3.8) is 0 Å². The molecule has 11 nitrogen and oxygen atoms in total. The van der Waals surface area contributed by atoms with Gasteiger partial charge in [0.15, 0.2) is 11.3 Å². The number of nitrogens with one attached hydrogen (secondary N) is 2. The fraction of sp³-hybridized carbons (Fsp3) is 0.0556. The van der Waals surface area contributed by atoms with Gasteiger partial charge in [0.25, 0.3) is 5.56 Å². The fourth-order valence-electron chi connectivity index (χ4n) is 2.59. The SMILES string of the molecule is Cc1nc(Nc2nc3ccccc3o2)[nH]c(=O)c1N=Nc1ccc(S(N)(=O)=O)cc1. The third-order valence-electron chi connectivity index (χ3n) is 4.02. The fourth-order valence-corrected chi connectivity index (χ4v) is 3.11. The molecule has 152 valence electrons. The zero-order valence-corrected chi connectivity index (χ0v) is 16.3. The minimum absolute atomic E-state index is 0.00800. The zero-order valence-electron chi connectivity index (χ0n) is 15.5. The number of fused-ring (bicyclic) bond motifs is 1. The summed E-state index contributed by atoms with van der Waals surface area (Å²) >= 11 is 0. The lowest BCUT2D eigenvalue weighted by atomic mass is 10.3. The Kier molecular flexibility index (Phi) is 4.85. The third kappa shape index (κ3) is 4.09. The van der Waals surface area contributed by atoms with Crippen molar-refractivity contribution in [2.75, 3.05) is 5.32 Å². The number of benzene rings is 2. The first kappa shape index (κ1) is 19.4. The van der Waals surface area contributed by atoms with Crippen molar-refractivity contribution >= 4 is 44.5 Å². The summed E-state index contributed by atoms with van der Waals surface area (Å²) in [5, 5.41) is 15.7. The van der Waals surface area contributed by atoms with E-state index < -0.39 is 15.6 Å². The van der Waals surface area contributed by atoms with Gasteiger partial charge in [-0.05, 0) is 43.3 Å². The van der Waals surface area contributed by atoms with Crippen molar-refractivity contribution in [1.29, 1.82) is 0 Å². The second-order valence-electron chi connectivity index (χ2n) is 6.20. The van der Waals surface area contributed by atoms with Crippen LogP contribution >= 0.6 is 0 Å². The summed E-state index contributed by atoms with van der Waals surface area (Å²) in [6, 6.07) is 12.8. The second kappa shape index (κ2) is 7.50. The molecule has 4 N–H and O–H groups in total. The molecule has 2 aromatic carbocycles. The van der Waals surface area contributed by atoms with E-state index >= 15 is 0 Å². The predicted octanol–water partition coefficient (Wildman–Crippen LogP) is 3.03. The molecule has 0 saturated heterocycles. The number of aromatic amines is 1. The molecule has 30 heavy (non-hydrogen) atoms. The monoisotopic (exact) mass is 425 g/mol. The van der Waals surface area contributed by atoms with E-state index in [2.05, 4.69) is 30.5 Å². The van der Waals surface area contributed by atoms with Crippen LogP contribution in [0.3, 0.4) is 0 Å². The van der Waals surface area contributed by atoms with Crippen LogP contribution in [-0.2, 0) is 10.0 Å². The molecular formula is C18H15N7O4S. The molecular weight excluding hydrogens is 410 g/mol. The summed E-state index contributed by atoms with van der Waals surface area (Å²) in [6.45, 7) is 1.60. The van der Waals surface area contributed by atoms with Crippen molar-refractivity contribution in [3.05, 3.63) is 64.6 Å². The van der Waals surface area contributed by atoms with E-state index in [1.54, 1.807) is 19.1 Å². The van der Waals surface area contributed by atoms with E-state index in [-0.39, 0.29) is 22.5 Å². The number of aromatic nitrogens is 3. The zero-order chi connectivity index (χ0) is 21.3. The van der Waals surface area contributed by atoms with Crippen LogP contribution in [0, 0.1) is 6.92 Å². The van der Waals surface area contributed by atoms with Crippen LogP contribution in [-0.4, -0.2) is 23.4 Å². The van der Waals surface area contributed by atoms with E-state index in [1.165, 1.54) is 24.3 Å². The lowest BCUT2D eigenvalue weighted by molar-refractivity contribution is 0.598. The van der Waals surface area contributed by atoms with Crippen molar-refractivity contribution < 1.29 is 12.8 Å². The molecule has 4 rings (SSSR count). The molecule has 0 aliphatic heterocycles. The summed E-state index contributed by atoms with van der Waals surface area (Å²) in [6.07, 6.45) is 0. The number of hydrogen-bond donors (Lipinski definition) is 3. The number of oxazole rings is 1. The first-order chi connectivity index (χ1) is 14.3. The molecule has 2 aromatic heterocycles. The standard InChI is InChI=1S/C18H15N7O4S/c1-10-15(25-24-11-6-8-12(9-7-11)30(19,27)28)16(26)22-17(20-10)23-18-21-13-4-2-3-5-14(13)29-18/h2-9H,1H3,(H2,19,27,28)(H2,20,21,22,23,26). The van der Waals surface area contributed by atoms with Gasteiger partial charge in [-0.15, -0.1) is 5.11 Å². The average Bonchev–Trinajstić information content (AvgIpc) is 3.09. The molecule has 0 saturated carbocycles. The number of rotatable bonds is 5. The molecule has 4 aromatic rings. The van der Waals surface area contributed by atoms with Crippen LogP contribution < -0.4 is 16.0 Å². The topological polar surface area (TPSA) is 169 Å². The van der Waals surface area contributed by atoms with Crippen LogP contribution in [0.15, 0.2) is 72.9 Å². The third-order valence-corrected chi connectivity index (χ3v) is 4.95. The van der Waals surface area contributed by atoms with Crippen LogP contribution in [0.1, 0.15) is 5.69 Å². The van der Waals surface area contributed by atoms with Crippen molar-refractivity contribution in [2.24, 2.45) is 15.4 Å². The van der Waals surface area contributed by atoms with Gasteiger partial charge in [0, 0.05) is 0 Å². The number of para-hydroxylation sites is 2. The highest BCUT2D eigenvalue weighted by molar-refractivity contribution is 7.89. The molecule has 0 unspecified atom stereocenters. The summed E-state index contributed by atoms with van der Waals surface area (Å²) in [4.78, 5) is 23.4. The van der Waals surface area contributed by atoms with Crippen LogP contribution in [0.25, 0.3) is 11.1 Å². The Bertz CT molecular complexity index is 1390. The van der Waals surface area contributed by atoms with E-state index in [0.717, 1.165) is 0 Å². The molecule has 0 aliphatic rings. The maximum Gasteiger partial charge on any atom is 0.302 e. The predicted molar refractivity (Wildman–Crippen MR) is 109 cm³/mol. The number of nitrogens with zero attached hydrogens (tertiary/aromatic N) is 4.